The van der Waals surface area contributed by atoms with E-state index in [2.05, 4.69) is 38.3 Å². The fourth-order valence-electron chi connectivity index (χ4n) is 2.64. The fourth-order valence-corrected chi connectivity index (χ4v) is 2.64. The normalized spacial score (nSPS) is 22.3. The number of carbonyl (C=O) groups excluding carboxylic acids is 1. The maximum absolute atomic E-state index is 11.6. The standard InChI is InChI=1S/C14H28N2O/c1-12(2,3)16-11(17)9-15-8-10-13(4,5)14(10,6)7/h10,15H,8-9H2,1-7H3,(H,16,17). The summed E-state index contributed by atoms with van der Waals surface area (Å²) in [5.41, 5.74) is 0.637. The molecule has 1 aliphatic rings. The van der Waals surface area contributed by atoms with Crippen molar-refractivity contribution in [2.75, 3.05) is 13.1 Å². The van der Waals surface area contributed by atoms with Gasteiger partial charge in [0.2, 0.25) is 5.91 Å². The quantitative estimate of drug-likeness (QED) is 0.791. The second-order valence-electron chi connectivity index (χ2n) is 7.43. The Morgan fingerprint density at radius 1 is 1.12 bits per heavy atom. The zero-order valence-electron chi connectivity index (χ0n) is 12.4. The van der Waals surface area contributed by atoms with E-state index in [-0.39, 0.29) is 11.4 Å². The number of hydrogen-bond acceptors (Lipinski definition) is 2. The highest BCUT2D eigenvalue weighted by atomic mass is 16.2. The monoisotopic (exact) mass is 240 g/mol. The molecule has 100 valence electrons. The van der Waals surface area contributed by atoms with Gasteiger partial charge in [0, 0.05) is 5.54 Å². The average Bonchev–Trinajstić information content (AvgIpc) is 2.43. The lowest BCUT2D eigenvalue weighted by atomic mass is 10.0. The number of carbonyl (C=O) groups is 1. The Labute approximate surface area is 106 Å². The summed E-state index contributed by atoms with van der Waals surface area (Å²) in [6.07, 6.45) is 0. The number of amides is 1. The third-order valence-corrected chi connectivity index (χ3v) is 4.47. The first-order valence-corrected chi connectivity index (χ1v) is 6.50. The van der Waals surface area contributed by atoms with Crippen LogP contribution in [0.25, 0.3) is 0 Å². The average molecular weight is 240 g/mol. The molecule has 17 heavy (non-hydrogen) atoms. The van der Waals surface area contributed by atoms with Crippen molar-refractivity contribution in [2.24, 2.45) is 16.7 Å². The number of hydrogen-bond donors (Lipinski definition) is 2. The minimum atomic E-state index is -0.142. The summed E-state index contributed by atoms with van der Waals surface area (Å²) < 4.78 is 0. The van der Waals surface area contributed by atoms with Crippen molar-refractivity contribution in [2.45, 2.75) is 54.0 Å². The lowest BCUT2D eigenvalue weighted by Crippen LogP contribution is -2.45. The molecule has 0 aromatic heterocycles. The SMILES string of the molecule is CC(C)(C)NC(=O)CNCC1C(C)(C)C1(C)C. The van der Waals surface area contributed by atoms with Crippen LogP contribution in [0.4, 0.5) is 0 Å². The first kappa shape index (κ1) is 14.5. The predicted octanol–water partition coefficient (Wildman–Crippen LogP) is 2.17. The number of nitrogens with one attached hydrogen (secondary N) is 2. The third-order valence-electron chi connectivity index (χ3n) is 4.47. The second-order valence-corrected chi connectivity index (χ2v) is 7.43. The minimum absolute atomic E-state index is 0.0776. The molecule has 3 nitrogen and oxygen atoms in total. The molecule has 0 aromatic carbocycles. The second kappa shape index (κ2) is 4.27. The summed E-state index contributed by atoms with van der Waals surface area (Å²) in [6.45, 7) is 16.5. The van der Waals surface area contributed by atoms with E-state index in [4.69, 9.17) is 0 Å². The Hall–Kier alpha value is -0.570. The van der Waals surface area contributed by atoms with Crippen LogP contribution in [-0.2, 0) is 4.79 Å². The van der Waals surface area contributed by atoms with Crippen molar-refractivity contribution >= 4 is 5.91 Å². The lowest BCUT2D eigenvalue weighted by Gasteiger charge is -2.20. The number of rotatable bonds is 4. The topological polar surface area (TPSA) is 41.1 Å². The smallest absolute Gasteiger partial charge is 0.234 e. The van der Waals surface area contributed by atoms with Crippen molar-refractivity contribution in [3.63, 3.8) is 0 Å². The van der Waals surface area contributed by atoms with Crippen LogP contribution in [0.5, 0.6) is 0 Å². The summed E-state index contributed by atoms with van der Waals surface area (Å²) in [5.74, 6) is 0.742. The van der Waals surface area contributed by atoms with Crippen LogP contribution in [0.2, 0.25) is 0 Å². The van der Waals surface area contributed by atoms with E-state index < -0.39 is 0 Å². The molecule has 0 aliphatic heterocycles. The predicted molar refractivity (Wildman–Crippen MR) is 71.8 cm³/mol. The van der Waals surface area contributed by atoms with Gasteiger partial charge in [-0.3, -0.25) is 4.79 Å². The highest BCUT2D eigenvalue weighted by molar-refractivity contribution is 5.78. The van der Waals surface area contributed by atoms with Gasteiger partial charge >= 0.3 is 0 Å². The summed E-state index contributed by atoms with van der Waals surface area (Å²) >= 11 is 0. The van der Waals surface area contributed by atoms with Gasteiger partial charge in [0.15, 0.2) is 0 Å². The van der Waals surface area contributed by atoms with Crippen LogP contribution >= 0.6 is 0 Å². The van der Waals surface area contributed by atoms with E-state index in [1.807, 2.05) is 20.8 Å². The third kappa shape index (κ3) is 3.21. The van der Waals surface area contributed by atoms with Crippen LogP contribution in [-0.4, -0.2) is 24.5 Å². The molecule has 0 radical (unpaired) electrons. The molecule has 0 heterocycles. The fraction of sp³-hybridized carbons (Fsp3) is 0.929. The van der Waals surface area contributed by atoms with Crippen molar-refractivity contribution in [3.8, 4) is 0 Å². The van der Waals surface area contributed by atoms with Gasteiger partial charge in [0.1, 0.15) is 0 Å². The molecule has 1 amide bonds. The Kier molecular flexibility index (Phi) is 3.64. The Morgan fingerprint density at radius 3 is 1.94 bits per heavy atom. The van der Waals surface area contributed by atoms with E-state index in [0.717, 1.165) is 6.54 Å². The molecular formula is C14H28N2O. The molecule has 2 N–H and O–H groups in total. The van der Waals surface area contributed by atoms with E-state index in [1.165, 1.54) is 0 Å². The van der Waals surface area contributed by atoms with Gasteiger partial charge < -0.3 is 10.6 Å². The van der Waals surface area contributed by atoms with E-state index >= 15 is 0 Å². The Bertz CT molecular complexity index is 286. The Balaban J connectivity index is 2.25. The molecule has 0 unspecified atom stereocenters. The summed E-state index contributed by atoms with van der Waals surface area (Å²) in [7, 11) is 0. The zero-order valence-corrected chi connectivity index (χ0v) is 12.4. The van der Waals surface area contributed by atoms with Crippen LogP contribution in [0, 0.1) is 16.7 Å². The van der Waals surface area contributed by atoms with Crippen molar-refractivity contribution < 1.29 is 4.79 Å². The lowest BCUT2D eigenvalue weighted by molar-refractivity contribution is -0.121. The molecule has 0 aromatic rings. The maximum atomic E-state index is 11.6. The van der Waals surface area contributed by atoms with Gasteiger partial charge in [-0.25, -0.2) is 0 Å². The van der Waals surface area contributed by atoms with Gasteiger partial charge in [-0.05, 0) is 44.1 Å². The first-order chi connectivity index (χ1) is 7.48. The molecule has 3 heteroatoms. The van der Waals surface area contributed by atoms with Crippen molar-refractivity contribution in [1.82, 2.24) is 10.6 Å². The van der Waals surface area contributed by atoms with Gasteiger partial charge in [-0.1, -0.05) is 27.7 Å². The molecule has 0 atom stereocenters. The van der Waals surface area contributed by atoms with Crippen LogP contribution < -0.4 is 10.6 Å². The van der Waals surface area contributed by atoms with Crippen molar-refractivity contribution in [1.29, 1.82) is 0 Å². The molecule has 1 fully saturated rings. The summed E-state index contributed by atoms with van der Waals surface area (Å²) in [5, 5.41) is 6.22. The van der Waals surface area contributed by atoms with Gasteiger partial charge in [-0.15, -0.1) is 0 Å². The molecule has 0 bridgehead atoms. The largest absolute Gasteiger partial charge is 0.350 e. The highest BCUT2D eigenvalue weighted by Gasteiger charge is 2.63. The van der Waals surface area contributed by atoms with E-state index in [1.54, 1.807) is 0 Å². The minimum Gasteiger partial charge on any atom is -0.350 e. The van der Waals surface area contributed by atoms with Gasteiger partial charge in [-0.2, -0.15) is 0 Å². The molecule has 0 spiro atoms. The van der Waals surface area contributed by atoms with Gasteiger partial charge in [0.25, 0.3) is 0 Å². The van der Waals surface area contributed by atoms with Crippen LogP contribution in [0.3, 0.4) is 0 Å². The highest BCUT2D eigenvalue weighted by Crippen LogP contribution is 2.67. The molecular weight excluding hydrogens is 212 g/mol. The molecule has 1 saturated carbocycles. The molecule has 0 saturated heterocycles. The first-order valence-electron chi connectivity index (χ1n) is 6.50. The maximum Gasteiger partial charge on any atom is 0.234 e. The van der Waals surface area contributed by atoms with Gasteiger partial charge in [0.05, 0.1) is 6.54 Å². The molecule has 1 rings (SSSR count). The summed E-state index contributed by atoms with van der Waals surface area (Å²) in [4.78, 5) is 11.6. The molecule has 1 aliphatic carbocycles. The zero-order chi connectivity index (χ0) is 13.5. The van der Waals surface area contributed by atoms with E-state index in [0.29, 0.717) is 23.3 Å². The van der Waals surface area contributed by atoms with E-state index in [9.17, 15) is 4.79 Å². The van der Waals surface area contributed by atoms with Crippen LogP contribution in [0.15, 0.2) is 0 Å². The summed E-state index contributed by atoms with van der Waals surface area (Å²) in [6, 6.07) is 0. The Morgan fingerprint density at radius 2 is 1.59 bits per heavy atom. The van der Waals surface area contributed by atoms with Crippen molar-refractivity contribution in [3.05, 3.63) is 0 Å². The van der Waals surface area contributed by atoms with Crippen LogP contribution in [0.1, 0.15) is 48.5 Å².